The first-order valence-corrected chi connectivity index (χ1v) is 20.7. The molecule has 0 radical (unpaired) electrons. The molecule has 7 heteroatoms. The van der Waals surface area contributed by atoms with E-state index >= 15 is 0 Å². The summed E-state index contributed by atoms with van der Waals surface area (Å²) in [5.74, 6) is -1.40. The third-order valence-corrected chi connectivity index (χ3v) is 16.5. The van der Waals surface area contributed by atoms with Gasteiger partial charge in [-0.05, 0) is 32.1 Å². The lowest BCUT2D eigenvalue weighted by Crippen LogP contribution is -2.72. The lowest BCUT2D eigenvalue weighted by Gasteiger charge is -2.51. The van der Waals surface area contributed by atoms with Crippen LogP contribution in [0.3, 0.4) is 0 Å². The Kier molecular flexibility index (Phi) is 11.1. The quantitative estimate of drug-likeness (QED) is 0.0840. The van der Waals surface area contributed by atoms with Gasteiger partial charge in [-0.15, -0.1) is 0 Å². The van der Waals surface area contributed by atoms with Crippen LogP contribution in [0, 0.1) is 5.92 Å². The van der Waals surface area contributed by atoms with E-state index < -0.39 is 20.2 Å². The van der Waals surface area contributed by atoms with Crippen LogP contribution >= 0.6 is 15.9 Å². The van der Waals surface area contributed by atoms with Gasteiger partial charge in [0.25, 0.3) is 8.32 Å². The summed E-state index contributed by atoms with van der Waals surface area (Å²) in [5.41, 5.74) is 3.32. The van der Waals surface area contributed by atoms with Gasteiger partial charge in [0.15, 0.2) is 5.79 Å². The molecule has 2 fully saturated rings. The van der Waals surface area contributed by atoms with Crippen LogP contribution in [0.25, 0.3) is 0 Å². The number of rotatable bonds is 14. The molecule has 2 bridgehead atoms. The second kappa shape index (κ2) is 15.7. The average molecular weight is 764 g/mol. The minimum Gasteiger partial charge on any atom is -0.379 e. The van der Waals surface area contributed by atoms with E-state index in [1.807, 2.05) is 54.6 Å². The monoisotopic (exact) mass is 762 g/mol. The van der Waals surface area contributed by atoms with E-state index in [1.54, 1.807) is 0 Å². The van der Waals surface area contributed by atoms with Gasteiger partial charge in [0.05, 0.1) is 43.3 Å². The topological polar surface area (TPSA) is 46.2 Å². The Morgan fingerprint density at radius 3 is 1.45 bits per heavy atom. The Balaban J connectivity index is 1.33. The van der Waals surface area contributed by atoms with E-state index in [1.165, 1.54) is 10.4 Å². The summed E-state index contributed by atoms with van der Waals surface area (Å²) < 4.78 is 35.7. The maximum absolute atomic E-state index is 8.04. The molecule has 2 saturated heterocycles. The largest absolute Gasteiger partial charge is 0.379 e. The molecule has 0 N–H and O–H groups in total. The third-order valence-electron chi connectivity index (χ3n) is 10.3. The number of ether oxygens (including phenoxy) is 4. The summed E-state index contributed by atoms with van der Waals surface area (Å²) in [6.45, 7) is 8.65. The zero-order valence-corrected chi connectivity index (χ0v) is 32.2. The predicted molar refractivity (Wildman–Crippen MR) is 209 cm³/mol. The van der Waals surface area contributed by atoms with Gasteiger partial charge < -0.3 is 23.4 Å². The number of fused-ring (bicyclic) bond motifs is 2. The van der Waals surface area contributed by atoms with Crippen LogP contribution in [-0.2, 0) is 43.2 Å². The summed E-state index contributed by atoms with van der Waals surface area (Å²) in [7, 11) is -3.12. The van der Waals surface area contributed by atoms with Crippen molar-refractivity contribution in [3.8, 4) is 0 Å². The lowest BCUT2D eigenvalue weighted by molar-refractivity contribution is -0.176. The van der Waals surface area contributed by atoms with Gasteiger partial charge in [-0.3, -0.25) is 0 Å². The smallest absolute Gasteiger partial charge is 0.264 e. The Morgan fingerprint density at radius 2 is 1.00 bits per heavy atom. The molecule has 6 atom stereocenters. The molecule has 51 heavy (non-hydrogen) atoms. The van der Waals surface area contributed by atoms with Crippen molar-refractivity contribution in [2.24, 2.45) is 5.92 Å². The zero-order valence-electron chi connectivity index (χ0n) is 29.6. The lowest BCUT2D eigenvalue weighted by atomic mass is 9.82. The van der Waals surface area contributed by atoms with E-state index in [4.69, 9.17) is 23.4 Å². The highest BCUT2D eigenvalue weighted by atomic mass is 79.9. The third kappa shape index (κ3) is 7.31. The molecule has 0 unspecified atom stereocenters. The van der Waals surface area contributed by atoms with E-state index in [2.05, 4.69) is 134 Å². The number of alkyl halides is 1. The molecule has 2 aliphatic rings. The second-order valence-electron chi connectivity index (χ2n) is 14.6. The van der Waals surface area contributed by atoms with Crippen LogP contribution < -0.4 is 10.4 Å². The highest BCUT2D eigenvalue weighted by Crippen LogP contribution is 2.57. The summed E-state index contributed by atoms with van der Waals surface area (Å²) in [4.78, 5) is -0.303. The van der Waals surface area contributed by atoms with Gasteiger partial charge in [0, 0.05) is 0 Å². The Hall–Kier alpha value is -3.40. The van der Waals surface area contributed by atoms with Gasteiger partial charge in [0.1, 0.15) is 12.2 Å². The van der Waals surface area contributed by atoms with Gasteiger partial charge in [-0.1, -0.05) is 188 Å². The van der Waals surface area contributed by atoms with Crippen LogP contribution in [0.4, 0.5) is 0 Å². The molecule has 2 heterocycles. The predicted octanol–water partition coefficient (Wildman–Crippen LogP) is 8.44. The van der Waals surface area contributed by atoms with Gasteiger partial charge >= 0.3 is 0 Å². The fourth-order valence-electron chi connectivity index (χ4n) is 7.80. The molecule has 0 aliphatic carbocycles. The number of benzene rings is 5. The van der Waals surface area contributed by atoms with Crippen LogP contribution in [-0.4, -0.2) is 43.9 Å². The summed E-state index contributed by atoms with van der Waals surface area (Å²) in [6, 6.07) is 52.4. The van der Waals surface area contributed by atoms with Gasteiger partial charge in [0.2, 0.25) is 0 Å². The Labute approximate surface area is 312 Å². The van der Waals surface area contributed by atoms with Crippen LogP contribution in [0.2, 0.25) is 5.04 Å². The van der Waals surface area contributed by atoms with Gasteiger partial charge in [-0.25, -0.2) is 0 Å². The fraction of sp³-hybridized carbons (Fsp3) is 0.318. The van der Waals surface area contributed by atoms with E-state index in [0.717, 1.165) is 16.7 Å². The minimum atomic E-state index is -3.12. The van der Waals surface area contributed by atoms with Crippen molar-refractivity contribution < 1.29 is 23.4 Å². The molecular formula is C44H47BrO5Si. The van der Waals surface area contributed by atoms with E-state index in [0.29, 0.717) is 26.4 Å². The van der Waals surface area contributed by atoms with Crippen molar-refractivity contribution in [2.45, 2.75) is 74.6 Å². The second-order valence-corrected chi connectivity index (χ2v) is 19.8. The maximum atomic E-state index is 8.04. The first kappa shape index (κ1) is 36.0. The molecule has 5 nitrogen and oxygen atoms in total. The Bertz CT molecular complexity index is 1770. The normalized spacial score (nSPS) is 24.5. The Morgan fingerprint density at radius 1 is 0.588 bits per heavy atom. The van der Waals surface area contributed by atoms with Crippen molar-refractivity contribution in [1.82, 2.24) is 0 Å². The molecule has 0 amide bonds. The van der Waals surface area contributed by atoms with Crippen molar-refractivity contribution in [1.29, 1.82) is 0 Å². The number of hydrogen-bond donors (Lipinski definition) is 0. The standard InChI is InChI=1S/C44H47BrO5Si/c1-43(2,3)51(36-25-15-7-16-26-36,37-27-17-8-18-28-37)50-44-38(32-46-29-33-19-9-4-10-20-33)39(47-30-34-21-11-5-12-22-34)40(49-44)41(42(44)45)48-31-35-23-13-6-14-24-35/h4-28,38-42H,29-32H2,1-3H3/t38-,39-,40+,41-,42-,44+/m1/s1. The first-order valence-electron chi connectivity index (χ1n) is 17.9. The molecule has 264 valence electrons. The van der Waals surface area contributed by atoms with Crippen molar-refractivity contribution >= 4 is 34.6 Å². The van der Waals surface area contributed by atoms with Crippen LogP contribution in [0.1, 0.15) is 37.5 Å². The number of halogens is 1. The summed E-state index contributed by atoms with van der Waals surface area (Å²) in [5, 5.41) is 2.09. The minimum absolute atomic E-state index is 0.266. The number of hydrogen-bond acceptors (Lipinski definition) is 5. The molecule has 2 aliphatic heterocycles. The van der Waals surface area contributed by atoms with Crippen LogP contribution in [0.15, 0.2) is 152 Å². The highest BCUT2D eigenvalue weighted by molar-refractivity contribution is 9.09. The van der Waals surface area contributed by atoms with Crippen molar-refractivity contribution in [2.75, 3.05) is 6.61 Å². The molecule has 7 rings (SSSR count). The molecule has 0 saturated carbocycles. The summed E-state index contributed by atoms with van der Waals surface area (Å²) in [6.07, 6.45) is -1.09. The van der Waals surface area contributed by atoms with E-state index in [9.17, 15) is 0 Å². The SMILES string of the molecule is CC(C)(C)[Si](O[C@]12O[C@H]([C@@H](OCc3ccccc3)[C@H]1Br)[C@H](OCc1ccccc1)[C@H]2COCc1ccccc1)(c1ccccc1)c1ccccc1. The van der Waals surface area contributed by atoms with Crippen molar-refractivity contribution in [3.05, 3.63) is 168 Å². The average Bonchev–Trinajstić information content (AvgIpc) is 3.62. The summed E-state index contributed by atoms with van der Waals surface area (Å²) >= 11 is 4.19. The molecule has 0 spiro atoms. The molecule has 5 aromatic rings. The van der Waals surface area contributed by atoms with Crippen molar-refractivity contribution in [3.63, 3.8) is 0 Å². The molecular weight excluding hydrogens is 716 g/mol. The maximum Gasteiger partial charge on any atom is 0.264 e. The zero-order chi connectivity index (χ0) is 35.3. The molecule has 5 aromatic carbocycles. The first-order chi connectivity index (χ1) is 24.8. The van der Waals surface area contributed by atoms with Crippen LogP contribution in [0.5, 0.6) is 0 Å². The van der Waals surface area contributed by atoms with E-state index in [-0.39, 0.29) is 28.0 Å². The molecule has 0 aromatic heterocycles. The van der Waals surface area contributed by atoms with Gasteiger partial charge in [-0.2, -0.15) is 0 Å². The highest BCUT2D eigenvalue weighted by Gasteiger charge is 2.73. The fourth-order valence-corrected chi connectivity index (χ4v) is 13.7.